The topological polar surface area (TPSA) is 46.5 Å². The molecule has 1 aliphatic carbocycles. The maximum Gasteiger partial charge on any atom is 0.303 e. The second kappa shape index (κ2) is 4.26. The molecule has 0 saturated heterocycles. The maximum absolute atomic E-state index is 13.8. The van der Waals surface area contributed by atoms with Gasteiger partial charge in [0, 0.05) is 12.8 Å². The molecule has 1 aliphatic rings. The van der Waals surface area contributed by atoms with E-state index in [1.165, 1.54) is 19.3 Å². The number of hydrogen-bond donors (Lipinski definition) is 1. The van der Waals surface area contributed by atoms with E-state index in [0.29, 0.717) is 5.76 Å². The molecule has 0 aromatic carbocycles. The van der Waals surface area contributed by atoms with Gasteiger partial charge in [-0.15, -0.1) is 0 Å². The van der Waals surface area contributed by atoms with Crippen molar-refractivity contribution in [3.8, 4) is 0 Å². The van der Waals surface area contributed by atoms with Gasteiger partial charge in [-0.1, -0.05) is 0 Å². The third-order valence-electron chi connectivity index (χ3n) is 2.18. The Bertz CT molecular complexity index is 283. The first-order valence-corrected chi connectivity index (χ1v) is 4.40. The van der Waals surface area contributed by atoms with Crippen LogP contribution in [0.4, 0.5) is 4.39 Å². The summed E-state index contributed by atoms with van der Waals surface area (Å²) in [6.45, 7) is 0. The predicted molar refractivity (Wildman–Crippen MR) is 49.6 cm³/mol. The summed E-state index contributed by atoms with van der Waals surface area (Å²) in [6.07, 6.45) is 4.56. The maximum atomic E-state index is 13.8. The molecule has 0 aliphatic heterocycles. The molecular formula is C10H13FO3. The van der Waals surface area contributed by atoms with Gasteiger partial charge in [0.05, 0.1) is 7.11 Å². The number of allylic oxidation sites excluding steroid dienone is 3. The SMILES string of the molecule is COC1=CCC(F)(CCC(=O)O)C=C1. The molecule has 0 saturated carbocycles. The van der Waals surface area contributed by atoms with Crippen molar-refractivity contribution >= 4 is 5.97 Å². The average Bonchev–Trinajstić information content (AvgIpc) is 2.16. The highest BCUT2D eigenvalue weighted by Gasteiger charge is 2.28. The Labute approximate surface area is 81.9 Å². The minimum Gasteiger partial charge on any atom is -0.497 e. The van der Waals surface area contributed by atoms with E-state index in [2.05, 4.69) is 0 Å². The van der Waals surface area contributed by atoms with Gasteiger partial charge in [0.1, 0.15) is 11.4 Å². The lowest BCUT2D eigenvalue weighted by Gasteiger charge is -2.22. The van der Waals surface area contributed by atoms with Gasteiger partial charge in [-0.05, 0) is 24.6 Å². The summed E-state index contributed by atoms with van der Waals surface area (Å²) in [4.78, 5) is 10.3. The smallest absolute Gasteiger partial charge is 0.303 e. The van der Waals surface area contributed by atoms with Crippen molar-refractivity contribution in [2.75, 3.05) is 7.11 Å². The number of carboxylic acid groups (broad SMARTS) is 1. The van der Waals surface area contributed by atoms with E-state index in [0.717, 1.165) is 0 Å². The van der Waals surface area contributed by atoms with Crippen molar-refractivity contribution in [1.82, 2.24) is 0 Å². The Morgan fingerprint density at radius 2 is 2.50 bits per heavy atom. The quantitative estimate of drug-likeness (QED) is 0.755. The normalized spacial score (nSPS) is 25.7. The van der Waals surface area contributed by atoms with Gasteiger partial charge in [0.25, 0.3) is 0 Å². The van der Waals surface area contributed by atoms with E-state index in [1.54, 1.807) is 6.08 Å². The highest BCUT2D eigenvalue weighted by molar-refractivity contribution is 5.66. The van der Waals surface area contributed by atoms with Crippen molar-refractivity contribution < 1.29 is 19.0 Å². The van der Waals surface area contributed by atoms with Crippen LogP contribution in [0.3, 0.4) is 0 Å². The Kier molecular flexibility index (Phi) is 3.28. The van der Waals surface area contributed by atoms with E-state index in [-0.39, 0.29) is 19.3 Å². The van der Waals surface area contributed by atoms with Crippen LogP contribution in [0.15, 0.2) is 24.0 Å². The molecule has 0 amide bonds. The molecule has 4 heteroatoms. The number of methoxy groups -OCH3 is 1. The highest BCUT2D eigenvalue weighted by atomic mass is 19.1. The van der Waals surface area contributed by atoms with Gasteiger partial charge < -0.3 is 9.84 Å². The first kappa shape index (κ1) is 10.8. The Hall–Kier alpha value is -1.32. The molecule has 3 nitrogen and oxygen atoms in total. The van der Waals surface area contributed by atoms with Gasteiger partial charge >= 0.3 is 5.97 Å². The van der Waals surface area contributed by atoms with Crippen LogP contribution in [0.1, 0.15) is 19.3 Å². The van der Waals surface area contributed by atoms with Crippen molar-refractivity contribution in [1.29, 1.82) is 0 Å². The fourth-order valence-electron chi connectivity index (χ4n) is 1.29. The second-order valence-corrected chi connectivity index (χ2v) is 3.28. The number of alkyl halides is 1. The van der Waals surface area contributed by atoms with Crippen LogP contribution < -0.4 is 0 Å². The molecule has 0 radical (unpaired) electrons. The second-order valence-electron chi connectivity index (χ2n) is 3.28. The molecule has 0 fully saturated rings. The molecule has 0 spiro atoms. The van der Waals surface area contributed by atoms with Crippen LogP contribution in [0.25, 0.3) is 0 Å². The van der Waals surface area contributed by atoms with Gasteiger partial charge in [-0.3, -0.25) is 4.79 Å². The van der Waals surface area contributed by atoms with Crippen molar-refractivity contribution in [3.63, 3.8) is 0 Å². The minimum absolute atomic E-state index is 0.00628. The van der Waals surface area contributed by atoms with Crippen molar-refractivity contribution in [2.24, 2.45) is 0 Å². The van der Waals surface area contributed by atoms with Crippen molar-refractivity contribution in [2.45, 2.75) is 24.9 Å². The summed E-state index contributed by atoms with van der Waals surface area (Å²) >= 11 is 0. The molecule has 1 N–H and O–H groups in total. The number of carboxylic acids is 1. The molecule has 78 valence electrons. The minimum atomic E-state index is -1.53. The van der Waals surface area contributed by atoms with Gasteiger partial charge in [-0.25, -0.2) is 4.39 Å². The Morgan fingerprint density at radius 3 is 2.93 bits per heavy atom. The van der Waals surface area contributed by atoms with E-state index >= 15 is 0 Å². The zero-order valence-electron chi connectivity index (χ0n) is 8.00. The number of ether oxygens (including phenoxy) is 1. The lowest BCUT2D eigenvalue weighted by Crippen LogP contribution is -2.22. The molecule has 1 rings (SSSR count). The fraction of sp³-hybridized carbons (Fsp3) is 0.500. The number of hydrogen-bond acceptors (Lipinski definition) is 2. The summed E-state index contributed by atoms with van der Waals surface area (Å²) in [7, 11) is 1.51. The van der Waals surface area contributed by atoms with Crippen LogP contribution >= 0.6 is 0 Å². The predicted octanol–water partition coefficient (Wildman–Crippen LogP) is 2.05. The average molecular weight is 200 g/mol. The van der Waals surface area contributed by atoms with Gasteiger partial charge in [0.15, 0.2) is 0 Å². The molecule has 0 heterocycles. The summed E-state index contributed by atoms with van der Waals surface area (Å²) < 4.78 is 18.7. The number of carbonyl (C=O) groups is 1. The first-order chi connectivity index (χ1) is 6.56. The number of halogens is 1. The largest absolute Gasteiger partial charge is 0.497 e. The third-order valence-corrected chi connectivity index (χ3v) is 2.18. The number of rotatable bonds is 4. The zero-order valence-corrected chi connectivity index (χ0v) is 8.00. The summed E-state index contributed by atoms with van der Waals surface area (Å²) in [5.41, 5.74) is -1.53. The van der Waals surface area contributed by atoms with Crippen LogP contribution in [0.2, 0.25) is 0 Å². The van der Waals surface area contributed by atoms with Crippen LogP contribution in [-0.4, -0.2) is 23.9 Å². The van der Waals surface area contributed by atoms with E-state index in [1.807, 2.05) is 0 Å². The molecule has 1 unspecified atom stereocenters. The summed E-state index contributed by atoms with van der Waals surface area (Å²) in [5, 5.41) is 8.43. The zero-order chi connectivity index (χ0) is 10.6. The van der Waals surface area contributed by atoms with Crippen molar-refractivity contribution in [3.05, 3.63) is 24.0 Å². The van der Waals surface area contributed by atoms with Crippen LogP contribution in [-0.2, 0) is 9.53 Å². The van der Waals surface area contributed by atoms with E-state index < -0.39 is 11.6 Å². The van der Waals surface area contributed by atoms with Crippen LogP contribution in [0.5, 0.6) is 0 Å². The number of aliphatic carboxylic acids is 1. The van der Waals surface area contributed by atoms with E-state index in [9.17, 15) is 9.18 Å². The summed E-state index contributed by atoms with van der Waals surface area (Å²) in [6, 6.07) is 0. The Balaban J connectivity index is 2.51. The summed E-state index contributed by atoms with van der Waals surface area (Å²) in [5.74, 6) is -0.356. The monoisotopic (exact) mass is 200 g/mol. The van der Waals surface area contributed by atoms with E-state index in [4.69, 9.17) is 9.84 Å². The molecular weight excluding hydrogens is 187 g/mol. The Morgan fingerprint density at radius 1 is 1.79 bits per heavy atom. The highest BCUT2D eigenvalue weighted by Crippen LogP contribution is 2.29. The van der Waals surface area contributed by atoms with Gasteiger partial charge in [-0.2, -0.15) is 0 Å². The lowest BCUT2D eigenvalue weighted by molar-refractivity contribution is -0.137. The molecule has 0 bridgehead atoms. The molecule has 0 aromatic heterocycles. The van der Waals surface area contributed by atoms with Gasteiger partial charge in [0.2, 0.25) is 0 Å². The molecule has 1 atom stereocenters. The first-order valence-electron chi connectivity index (χ1n) is 4.40. The standard InChI is InChI=1S/C10H13FO3/c1-14-8-2-5-10(11,6-3-8)7-4-9(12)13/h2-3,5H,4,6-7H2,1H3,(H,12,13). The fourth-order valence-corrected chi connectivity index (χ4v) is 1.29. The molecule has 14 heavy (non-hydrogen) atoms. The van der Waals surface area contributed by atoms with Crippen LogP contribution in [0, 0.1) is 0 Å². The molecule has 0 aromatic rings. The lowest BCUT2D eigenvalue weighted by atomic mass is 9.92. The third kappa shape index (κ3) is 2.87.